The van der Waals surface area contributed by atoms with Crippen molar-refractivity contribution in [3.63, 3.8) is 0 Å². The molecule has 5 nitrogen and oxygen atoms in total. The Bertz CT molecular complexity index is 799. The van der Waals surface area contributed by atoms with Crippen molar-refractivity contribution < 1.29 is 14.6 Å². The summed E-state index contributed by atoms with van der Waals surface area (Å²) in [6.07, 6.45) is 1.32. The quantitative estimate of drug-likeness (QED) is 0.680. The second-order valence-electron chi connectivity index (χ2n) is 7.22. The van der Waals surface area contributed by atoms with E-state index in [0.717, 1.165) is 12.0 Å². The van der Waals surface area contributed by atoms with Gasteiger partial charge in [-0.2, -0.15) is 0 Å². The van der Waals surface area contributed by atoms with E-state index in [1.807, 2.05) is 24.3 Å². The van der Waals surface area contributed by atoms with Crippen LogP contribution in [0.25, 0.3) is 0 Å². The first-order valence-corrected chi connectivity index (χ1v) is 9.49. The molecule has 1 aliphatic rings. The summed E-state index contributed by atoms with van der Waals surface area (Å²) in [5.41, 5.74) is 6.52. The predicted octanol–water partition coefficient (Wildman–Crippen LogP) is 2.99. The largest absolute Gasteiger partial charge is 0.477 e. The van der Waals surface area contributed by atoms with Crippen molar-refractivity contribution in [2.24, 2.45) is 5.73 Å². The number of fused-ring (bicyclic) bond motifs is 1. The molecule has 0 spiro atoms. The van der Waals surface area contributed by atoms with Crippen LogP contribution in [0.2, 0.25) is 5.02 Å². The van der Waals surface area contributed by atoms with Crippen molar-refractivity contribution in [1.82, 2.24) is 5.32 Å². The highest BCUT2D eigenvalue weighted by molar-refractivity contribution is 6.30. The molecule has 2 aromatic rings. The number of carbonyl (C=O) groups excluding carboxylic acids is 1. The minimum atomic E-state index is -1.10. The number of nitrogens with one attached hydrogen (secondary N) is 1. The van der Waals surface area contributed by atoms with Gasteiger partial charge in [0.1, 0.15) is 5.75 Å². The Hall–Kier alpha value is -2.08. The van der Waals surface area contributed by atoms with Gasteiger partial charge in [0.25, 0.3) is 5.91 Å². The Labute approximate surface area is 164 Å². The van der Waals surface area contributed by atoms with E-state index in [-0.39, 0.29) is 6.04 Å². The molecule has 6 heteroatoms. The fourth-order valence-corrected chi connectivity index (χ4v) is 3.54. The van der Waals surface area contributed by atoms with Gasteiger partial charge in [-0.1, -0.05) is 41.9 Å². The van der Waals surface area contributed by atoms with Crippen molar-refractivity contribution in [2.75, 3.05) is 6.54 Å². The van der Waals surface area contributed by atoms with Gasteiger partial charge in [0.05, 0.1) is 6.10 Å². The van der Waals surface area contributed by atoms with Gasteiger partial charge in [-0.25, -0.2) is 0 Å². The van der Waals surface area contributed by atoms with Crippen LogP contribution in [-0.4, -0.2) is 29.3 Å². The summed E-state index contributed by atoms with van der Waals surface area (Å²) in [4.78, 5) is 11.9. The summed E-state index contributed by atoms with van der Waals surface area (Å²) < 4.78 is 5.84. The molecule has 0 aromatic heterocycles. The zero-order valence-electron chi connectivity index (χ0n) is 15.3. The number of nitrogens with two attached hydrogens (primary N) is 1. The molecule has 1 heterocycles. The maximum Gasteiger partial charge on any atom is 0.261 e. The molecule has 27 heavy (non-hydrogen) atoms. The fraction of sp³-hybridized carbons (Fsp3) is 0.381. The van der Waals surface area contributed by atoms with Gasteiger partial charge < -0.3 is 20.9 Å². The van der Waals surface area contributed by atoms with Gasteiger partial charge in [-0.05, 0) is 43.5 Å². The number of amides is 1. The van der Waals surface area contributed by atoms with Gasteiger partial charge in [0.15, 0.2) is 5.60 Å². The molecule has 2 unspecified atom stereocenters. The monoisotopic (exact) mass is 388 g/mol. The second-order valence-corrected chi connectivity index (χ2v) is 7.66. The summed E-state index contributed by atoms with van der Waals surface area (Å²) in [7, 11) is 0. The second kappa shape index (κ2) is 8.30. The highest BCUT2D eigenvalue weighted by Gasteiger charge is 2.42. The average molecular weight is 389 g/mol. The summed E-state index contributed by atoms with van der Waals surface area (Å²) in [6, 6.07) is 15.2. The molecule has 0 bridgehead atoms. The first-order valence-electron chi connectivity index (χ1n) is 9.11. The summed E-state index contributed by atoms with van der Waals surface area (Å²) in [5, 5.41) is 14.3. The zero-order chi connectivity index (χ0) is 19.4. The number of hydrogen-bond acceptors (Lipinski definition) is 4. The molecule has 0 saturated carbocycles. The molecule has 0 saturated heterocycles. The molecular weight excluding hydrogens is 364 g/mol. The molecule has 2 aromatic carbocycles. The Kier molecular flexibility index (Phi) is 6.05. The molecule has 0 radical (unpaired) electrons. The summed E-state index contributed by atoms with van der Waals surface area (Å²) in [6.45, 7) is 2.09. The number of aliphatic hydroxyl groups excluding tert-OH is 1. The zero-order valence-corrected chi connectivity index (χ0v) is 16.1. The van der Waals surface area contributed by atoms with E-state index >= 15 is 0 Å². The van der Waals surface area contributed by atoms with E-state index in [0.29, 0.717) is 30.2 Å². The van der Waals surface area contributed by atoms with Crippen LogP contribution < -0.4 is 15.8 Å². The smallest absolute Gasteiger partial charge is 0.261 e. The summed E-state index contributed by atoms with van der Waals surface area (Å²) in [5.74, 6) is 0.0720. The minimum absolute atomic E-state index is 0.184. The maximum atomic E-state index is 11.9. The van der Waals surface area contributed by atoms with Crippen molar-refractivity contribution in [1.29, 1.82) is 0 Å². The van der Waals surface area contributed by atoms with Crippen molar-refractivity contribution in [2.45, 2.75) is 43.9 Å². The number of benzene rings is 2. The molecule has 3 atom stereocenters. The van der Waals surface area contributed by atoms with Gasteiger partial charge in [-0.15, -0.1) is 0 Å². The molecule has 144 valence electrons. The van der Waals surface area contributed by atoms with Crippen LogP contribution in [0.5, 0.6) is 5.75 Å². The lowest BCUT2D eigenvalue weighted by atomic mass is 9.87. The highest BCUT2D eigenvalue weighted by atomic mass is 35.5. The van der Waals surface area contributed by atoms with Crippen LogP contribution in [0.1, 0.15) is 36.9 Å². The lowest BCUT2D eigenvalue weighted by Gasteiger charge is -2.38. The van der Waals surface area contributed by atoms with Gasteiger partial charge in [0.2, 0.25) is 0 Å². The lowest BCUT2D eigenvalue weighted by Crippen LogP contribution is -2.51. The highest BCUT2D eigenvalue weighted by Crippen LogP contribution is 2.40. The van der Waals surface area contributed by atoms with Crippen LogP contribution >= 0.6 is 11.6 Å². The SMILES string of the molecule is CC1(C(N)=O)CC(NC[C@H](O)CCc2ccccc2)c2cc(Cl)ccc2O1. The van der Waals surface area contributed by atoms with Crippen LogP contribution in [0.4, 0.5) is 0 Å². The van der Waals surface area contributed by atoms with Gasteiger partial charge in [0, 0.05) is 29.6 Å². The number of aliphatic hydroxyl groups is 1. The van der Waals surface area contributed by atoms with E-state index in [4.69, 9.17) is 22.1 Å². The predicted molar refractivity (Wildman–Crippen MR) is 106 cm³/mol. The van der Waals surface area contributed by atoms with Gasteiger partial charge >= 0.3 is 0 Å². The molecule has 1 aliphatic heterocycles. The van der Waals surface area contributed by atoms with E-state index < -0.39 is 17.6 Å². The Morgan fingerprint density at radius 1 is 1.37 bits per heavy atom. The maximum absolute atomic E-state index is 11.9. The Balaban J connectivity index is 1.66. The average Bonchev–Trinajstić information content (AvgIpc) is 2.65. The molecule has 0 fully saturated rings. The van der Waals surface area contributed by atoms with Crippen LogP contribution in [-0.2, 0) is 11.2 Å². The van der Waals surface area contributed by atoms with Crippen LogP contribution in [0.15, 0.2) is 48.5 Å². The third-order valence-electron chi connectivity index (χ3n) is 5.01. The first-order chi connectivity index (χ1) is 12.9. The normalized spacial score (nSPS) is 22.6. The third-order valence-corrected chi connectivity index (χ3v) is 5.24. The molecule has 3 rings (SSSR count). The van der Waals surface area contributed by atoms with Crippen molar-refractivity contribution in [3.05, 3.63) is 64.7 Å². The minimum Gasteiger partial charge on any atom is -0.477 e. The van der Waals surface area contributed by atoms with E-state index in [1.54, 1.807) is 19.1 Å². The van der Waals surface area contributed by atoms with Crippen LogP contribution in [0.3, 0.4) is 0 Å². The number of hydrogen-bond donors (Lipinski definition) is 3. The molecule has 4 N–H and O–H groups in total. The van der Waals surface area contributed by atoms with Gasteiger partial charge in [-0.3, -0.25) is 4.79 Å². The third kappa shape index (κ3) is 4.80. The van der Waals surface area contributed by atoms with E-state index in [1.165, 1.54) is 5.56 Å². The topological polar surface area (TPSA) is 84.6 Å². The van der Waals surface area contributed by atoms with Crippen molar-refractivity contribution in [3.8, 4) is 5.75 Å². The number of ether oxygens (including phenoxy) is 1. The Morgan fingerprint density at radius 3 is 2.81 bits per heavy atom. The summed E-state index contributed by atoms with van der Waals surface area (Å²) >= 11 is 6.13. The molecule has 1 amide bonds. The van der Waals surface area contributed by atoms with Crippen LogP contribution in [0, 0.1) is 0 Å². The molecule has 0 aliphatic carbocycles. The lowest BCUT2D eigenvalue weighted by molar-refractivity contribution is -0.134. The fourth-order valence-electron chi connectivity index (χ4n) is 3.36. The van der Waals surface area contributed by atoms with E-state index in [9.17, 15) is 9.90 Å². The number of carbonyl (C=O) groups is 1. The number of rotatable bonds is 7. The van der Waals surface area contributed by atoms with Crippen molar-refractivity contribution >= 4 is 17.5 Å². The number of primary amides is 1. The first kappa shape index (κ1) is 19.7. The standard InChI is InChI=1S/C21H25ClN2O3/c1-21(20(23)26)12-18(17-11-15(22)8-10-19(17)27-21)24-13-16(25)9-7-14-5-3-2-4-6-14/h2-6,8,10-11,16,18,24-25H,7,9,12-13H2,1H3,(H2,23,26)/t16-,18?,21?/m1/s1. The molecular formula is C21H25ClN2O3. The van der Waals surface area contributed by atoms with E-state index in [2.05, 4.69) is 17.4 Å². The Morgan fingerprint density at radius 2 is 2.11 bits per heavy atom. The number of halogens is 1. The number of aryl methyl sites for hydroxylation is 1.